The van der Waals surface area contributed by atoms with Crippen molar-refractivity contribution in [1.82, 2.24) is 30.1 Å². The standard InChI is InChI=1S/C22H30N8O5/c1-25-7-5-13(23)12-10-30(20-15(12)19(24)27-11-28-20)22-17(33)16(32)18(35-22)21(34)26-6-3-9-29-8-2-4-14(29)31/h5,7,10-11,16-18,22-23,25,32-33H,2-4,6,8-9H2,1H3,(H,26,34)(H2,24,27,28)/b7-5-,23-13?/t16-,17+,18-,22+/m0/s1. The lowest BCUT2D eigenvalue weighted by Crippen LogP contribution is -2.43. The number of nitrogens with one attached hydrogen (secondary N) is 3. The van der Waals surface area contributed by atoms with Gasteiger partial charge in [0, 0.05) is 44.9 Å². The van der Waals surface area contributed by atoms with Gasteiger partial charge in [0.1, 0.15) is 30.0 Å². The van der Waals surface area contributed by atoms with Gasteiger partial charge >= 0.3 is 0 Å². The Bertz CT molecular complexity index is 1150. The number of carbonyl (C=O) groups is 2. The fourth-order valence-electron chi connectivity index (χ4n) is 4.39. The monoisotopic (exact) mass is 486 g/mol. The summed E-state index contributed by atoms with van der Waals surface area (Å²) >= 11 is 0. The molecule has 2 aromatic heterocycles. The van der Waals surface area contributed by atoms with E-state index in [0.717, 1.165) is 13.0 Å². The molecule has 0 saturated carbocycles. The van der Waals surface area contributed by atoms with Crippen molar-refractivity contribution in [3.8, 4) is 0 Å². The Balaban J connectivity index is 1.49. The normalized spacial score (nSPS) is 24.5. The summed E-state index contributed by atoms with van der Waals surface area (Å²) < 4.78 is 7.24. The molecule has 0 aromatic carbocycles. The van der Waals surface area contributed by atoms with E-state index in [9.17, 15) is 19.8 Å². The average Bonchev–Trinajstić information content (AvgIpc) is 3.52. The van der Waals surface area contributed by atoms with Crippen molar-refractivity contribution in [3.05, 3.63) is 30.4 Å². The molecule has 0 aliphatic carbocycles. The molecule has 13 nitrogen and oxygen atoms in total. The van der Waals surface area contributed by atoms with Crippen molar-refractivity contribution < 1.29 is 24.5 Å². The highest BCUT2D eigenvalue weighted by molar-refractivity contribution is 6.16. The third-order valence-electron chi connectivity index (χ3n) is 6.19. The number of nitrogens with zero attached hydrogens (tertiary/aromatic N) is 4. The molecule has 13 heteroatoms. The van der Waals surface area contributed by atoms with Crippen LogP contribution in [0.2, 0.25) is 0 Å². The maximum atomic E-state index is 12.7. The summed E-state index contributed by atoms with van der Waals surface area (Å²) in [7, 11) is 1.70. The number of aliphatic hydroxyl groups is 2. The Hall–Kier alpha value is -3.55. The van der Waals surface area contributed by atoms with Crippen molar-refractivity contribution in [3.63, 3.8) is 0 Å². The molecule has 2 fully saturated rings. The van der Waals surface area contributed by atoms with Crippen molar-refractivity contribution in [2.24, 2.45) is 0 Å². The third kappa shape index (κ3) is 4.83. The molecule has 0 spiro atoms. The molecule has 0 unspecified atom stereocenters. The van der Waals surface area contributed by atoms with Gasteiger partial charge < -0.3 is 46.2 Å². The molecule has 2 amide bonds. The minimum absolute atomic E-state index is 0.114. The fourth-order valence-corrected chi connectivity index (χ4v) is 4.39. The predicted octanol–water partition coefficient (Wildman–Crippen LogP) is -1.14. The second kappa shape index (κ2) is 10.4. The number of ether oxygens (including phenoxy) is 1. The largest absolute Gasteiger partial charge is 0.394 e. The van der Waals surface area contributed by atoms with Crippen molar-refractivity contribution in [1.29, 1.82) is 5.41 Å². The summed E-state index contributed by atoms with van der Waals surface area (Å²) in [4.78, 5) is 34.4. The zero-order valence-corrected chi connectivity index (χ0v) is 19.3. The molecule has 4 atom stereocenters. The number of nitrogen functional groups attached to an aromatic ring is 1. The SMILES string of the molecule is CN/C=C\C(=N)c1cn([C@@H]2O[C@H](C(=O)NCCCN3CCCC3=O)[C@@H](O)[C@H]2O)c2ncnc(N)c12. The Morgan fingerprint density at radius 3 is 2.89 bits per heavy atom. The number of allylic oxidation sites excluding steroid dienone is 1. The molecule has 2 saturated heterocycles. The number of hydrogen-bond acceptors (Lipinski definition) is 10. The molecule has 2 aromatic rings. The van der Waals surface area contributed by atoms with E-state index >= 15 is 0 Å². The number of hydrogen-bond donors (Lipinski definition) is 6. The van der Waals surface area contributed by atoms with Crippen LogP contribution in [0.3, 0.4) is 0 Å². The molecule has 0 radical (unpaired) electrons. The van der Waals surface area contributed by atoms with Crippen LogP contribution in [-0.2, 0) is 14.3 Å². The number of anilines is 1. The lowest BCUT2D eigenvalue weighted by Gasteiger charge is -2.17. The lowest BCUT2D eigenvalue weighted by atomic mass is 10.1. The second-order valence-corrected chi connectivity index (χ2v) is 8.50. The van der Waals surface area contributed by atoms with Crippen molar-refractivity contribution in [2.75, 3.05) is 32.4 Å². The highest BCUT2D eigenvalue weighted by Gasteiger charge is 2.47. The van der Waals surface area contributed by atoms with E-state index in [0.29, 0.717) is 42.5 Å². The van der Waals surface area contributed by atoms with Crippen LogP contribution in [0.1, 0.15) is 31.1 Å². The van der Waals surface area contributed by atoms with E-state index in [-0.39, 0.29) is 17.4 Å². The lowest BCUT2D eigenvalue weighted by molar-refractivity contribution is -0.137. The van der Waals surface area contributed by atoms with Crippen LogP contribution in [0.4, 0.5) is 5.82 Å². The summed E-state index contributed by atoms with van der Waals surface area (Å²) in [5, 5.41) is 35.6. The molecular formula is C22H30N8O5. The van der Waals surface area contributed by atoms with E-state index in [1.54, 1.807) is 18.1 Å². The fraction of sp³-hybridized carbons (Fsp3) is 0.500. The summed E-state index contributed by atoms with van der Waals surface area (Å²) in [6.45, 7) is 1.57. The number of rotatable bonds is 9. The zero-order valence-electron chi connectivity index (χ0n) is 19.3. The molecule has 4 rings (SSSR count). The third-order valence-corrected chi connectivity index (χ3v) is 6.19. The van der Waals surface area contributed by atoms with Gasteiger partial charge in [-0.05, 0) is 25.1 Å². The van der Waals surface area contributed by atoms with Crippen molar-refractivity contribution >= 4 is 34.4 Å². The average molecular weight is 487 g/mol. The van der Waals surface area contributed by atoms with Gasteiger partial charge in [0.2, 0.25) is 5.91 Å². The number of nitrogens with two attached hydrogens (primary N) is 1. The van der Waals surface area contributed by atoms with Crippen LogP contribution in [-0.4, -0.2) is 92.2 Å². The number of aromatic nitrogens is 3. The summed E-state index contributed by atoms with van der Waals surface area (Å²) in [6, 6.07) is 0. The van der Waals surface area contributed by atoms with E-state index in [1.807, 2.05) is 0 Å². The zero-order chi connectivity index (χ0) is 25.1. The van der Waals surface area contributed by atoms with Crippen LogP contribution in [0.15, 0.2) is 24.8 Å². The number of carbonyl (C=O) groups excluding carboxylic acids is 2. The quantitative estimate of drug-likeness (QED) is 0.188. The van der Waals surface area contributed by atoms with Crippen LogP contribution in [0.25, 0.3) is 11.0 Å². The first-order chi connectivity index (χ1) is 16.8. The maximum Gasteiger partial charge on any atom is 0.252 e. The Morgan fingerprint density at radius 2 is 2.17 bits per heavy atom. The first kappa shape index (κ1) is 24.6. The highest BCUT2D eigenvalue weighted by Crippen LogP contribution is 2.35. The molecule has 0 bridgehead atoms. The van der Waals surface area contributed by atoms with E-state index in [4.69, 9.17) is 15.9 Å². The minimum Gasteiger partial charge on any atom is -0.394 e. The van der Waals surface area contributed by atoms with Gasteiger partial charge in [0.25, 0.3) is 5.91 Å². The first-order valence-corrected chi connectivity index (χ1v) is 11.4. The Morgan fingerprint density at radius 1 is 1.37 bits per heavy atom. The van der Waals surface area contributed by atoms with Gasteiger partial charge in [0.15, 0.2) is 12.3 Å². The molecule has 7 N–H and O–H groups in total. The van der Waals surface area contributed by atoms with Crippen LogP contribution in [0.5, 0.6) is 0 Å². The Kier molecular flexibility index (Phi) is 7.28. The molecule has 4 heterocycles. The topological polar surface area (TPSA) is 192 Å². The van der Waals surface area contributed by atoms with E-state index in [1.165, 1.54) is 23.2 Å². The molecule has 188 valence electrons. The van der Waals surface area contributed by atoms with E-state index < -0.39 is 30.4 Å². The molecule has 2 aliphatic heterocycles. The summed E-state index contributed by atoms with van der Waals surface area (Å²) in [5.41, 5.74) is 6.86. The minimum atomic E-state index is -1.48. The second-order valence-electron chi connectivity index (χ2n) is 8.50. The number of aliphatic hydroxyl groups excluding tert-OH is 2. The molecular weight excluding hydrogens is 456 g/mol. The number of amides is 2. The molecule has 2 aliphatic rings. The van der Waals surface area contributed by atoms with Crippen LogP contribution < -0.4 is 16.4 Å². The van der Waals surface area contributed by atoms with Crippen molar-refractivity contribution in [2.45, 2.75) is 43.8 Å². The van der Waals surface area contributed by atoms with Gasteiger partial charge in [-0.25, -0.2) is 9.97 Å². The number of likely N-dealkylation sites (tertiary alicyclic amines) is 1. The van der Waals surface area contributed by atoms with Gasteiger partial charge in [0.05, 0.1) is 11.1 Å². The maximum absolute atomic E-state index is 12.7. The van der Waals surface area contributed by atoms with Gasteiger partial charge in [-0.1, -0.05) is 0 Å². The summed E-state index contributed by atoms with van der Waals surface area (Å²) in [5.74, 6) is -0.304. The van der Waals surface area contributed by atoms with E-state index in [2.05, 4.69) is 20.6 Å². The number of fused-ring (bicyclic) bond motifs is 1. The smallest absolute Gasteiger partial charge is 0.252 e. The van der Waals surface area contributed by atoms with Gasteiger partial charge in [-0.2, -0.15) is 0 Å². The summed E-state index contributed by atoms with van der Waals surface area (Å²) in [6.07, 6.45) is 2.49. The van der Waals surface area contributed by atoms with Crippen LogP contribution in [0, 0.1) is 5.41 Å². The van der Waals surface area contributed by atoms with Gasteiger partial charge in [-0.15, -0.1) is 0 Å². The highest BCUT2D eigenvalue weighted by atomic mass is 16.6. The van der Waals surface area contributed by atoms with Gasteiger partial charge in [-0.3, -0.25) is 9.59 Å². The Labute approximate surface area is 201 Å². The predicted molar refractivity (Wildman–Crippen MR) is 126 cm³/mol. The molecule has 35 heavy (non-hydrogen) atoms. The van der Waals surface area contributed by atoms with Crippen LogP contribution >= 0.6 is 0 Å². The first-order valence-electron chi connectivity index (χ1n) is 11.4.